The first kappa shape index (κ1) is 34.5. The molecule has 5 rings (SSSR count). The highest BCUT2D eigenvalue weighted by atomic mass is 35.7. The number of halogens is 7. The molecule has 0 fully saturated rings. The van der Waals surface area contributed by atoms with E-state index in [0.29, 0.717) is 22.3 Å². The highest BCUT2D eigenvalue weighted by Gasteiger charge is 2.41. The minimum atomic E-state index is -4.94. The quantitative estimate of drug-likeness (QED) is 0.259. The van der Waals surface area contributed by atoms with Gasteiger partial charge in [-0.25, -0.2) is 21.8 Å². The molecule has 0 radical (unpaired) electrons. The normalized spacial score (nSPS) is 17.8. The molecular formula is C25H21ClF6N4O6S3. The van der Waals surface area contributed by atoms with Crippen LogP contribution in [0.3, 0.4) is 0 Å². The second-order valence-corrected chi connectivity index (χ2v) is 15.0. The number of hydrogen-bond acceptors (Lipinski definition) is 8. The third kappa shape index (κ3) is 8.86. The Hall–Kier alpha value is -3.42. The van der Waals surface area contributed by atoms with Crippen molar-refractivity contribution in [1.82, 2.24) is 15.6 Å². The fraction of sp³-hybridized carbons (Fsp3) is 0.320. The molecule has 1 heterocycles. The summed E-state index contributed by atoms with van der Waals surface area (Å²) in [5.41, 5.74) is 2.57. The summed E-state index contributed by atoms with van der Waals surface area (Å²) >= 11 is 1.12. The maximum Gasteiger partial charge on any atom is 0.471 e. The number of nitrogens with one attached hydrogen (secondary N) is 3. The summed E-state index contributed by atoms with van der Waals surface area (Å²) in [5, 5.41) is 5.64. The lowest BCUT2D eigenvalue weighted by molar-refractivity contribution is -0.174. The molecule has 20 heteroatoms. The van der Waals surface area contributed by atoms with Gasteiger partial charge in [0.1, 0.15) is 0 Å². The molecule has 0 bridgehead atoms. The molecule has 0 saturated carbocycles. The zero-order chi connectivity index (χ0) is 33.4. The first-order valence-electron chi connectivity index (χ1n) is 12.6. The third-order valence-corrected chi connectivity index (χ3v) is 10.2. The van der Waals surface area contributed by atoms with Gasteiger partial charge in [0.25, 0.3) is 19.1 Å². The highest BCUT2D eigenvalue weighted by molar-refractivity contribution is 8.13. The minimum Gasteiger partial charge on any atom is -0.345 e. The van der Waals surface area contributed by atoms with E-state index in [-0.39, 0.29) is 40.6 Å². The second kappa shape index (κ2) is 12.8. The van der Waals surface area contributed by atoms with Crippen LogP contribution in [0.15, 0.2) is 57.8 Å². The molecular weight excluding hydrogens is 698 g/mol. The smallest absolute Gasteiger partial charge is 0.345 e. The van der Waals surface area contributed by atoms with E-state index in [2.05, 4.69) is 9.71 Å². The van der Waals surface area contributed by atoms with Crippen molar-refractivity contribution in [3.63, 3.8) is 0 Å². The van der Waals surface area contributed by atoms with Crippen molar-refractivity contribution in [3.8, 4) is 0 Å². The summed E-state index contributed by atoms with van der Waals surface area (Å²) in [5.74, 6) is -4.00. The largest absolute Gasteiger partial charge is 0.471 e. The summed E-state index contributed by atoms with van der Waals surface area (Å²) in [6.07, 6.45) is -7.70. The number of alkyl halides is 6. The van der Waals surface area contributed by atoms with E-state index in [1.165, 1.54) is 36.5 Å². The first-order chi connectivity index (χ1) is 20.7. The maximum absolute atomic E-state index is 12.3. The van der Waals surface area contributed by atoms with Gasteiger partial charge in [-0.2, -0.15) is 26.3 Å². The molecule has 45 heavy (non-hydrogen) atoms. The Balaban J connectivity index is 0.000000210. The molecule has 2 aliphatic carbocycles. The number of amides is 2. The van der Waals surface area contributed by atoms with Crippen molar-refractivity contribution < 1.29 is 52.8 Å². The number of nitrogens with zero attached hydrogens (tertiary/aromatic N) is 1. The van der Waals surface area contributed by atoms with Crippen molar-refractivity contribution in [3.05, 3.63) is 70.2 Å². The predicted molar refractivity (Wildman–Crippen MR) is 150 cm³/mol. The van der Waals surface area contributed by atoms with Gasteiger partial charge >= 0.3 is 24.2 Å². The van der Waals surface area contributed by atoms with E-state index < -0.39 is 55.3 Å². The third-order valence-electron chi connectivity index (χ3n) is 6.65. The van der Waals surface area contributed by atoms with Gasteiger partial charge in [0, 0.05) is 34.3 Å². The Kier molecular flexibility index (Phi) is 9.77. The van der Waals surface area contributed by atoms with Gasteiger partial charge < -0.3 is 10.6 Å². The van der Waals surface area contributed by atoms with Gasteiger partial charge in [0.05, 0.1) is 9.79 Å². The number of aromatic nitrogens is 1. The van der Waals surface area contributed by atoms with Crippen LogP contribution in [0.4, 0.5) is 31.5 Å². The molecule has 2 aromatic carbocycles. The van der Waals surface area contributed by atoms with Gasteiger partial charge in [-0.15, -0.1) is 11.3 Å². The van der Waals surface area contributed by atoms with E-state index >= 15 is 0 Å². The number of benzene rings is 2. The average molecular weight is 719 g/mol. The van der Waals surface area contributed by atoms with Crippen LogP contribution in [0, 0.1) is 0 Å². The SMILES string of the molecule is O=C(NC1Cc2ccc(S(=O)(=O)Cl)cc2C1)C(F)(F)F.O=C(NC1Cc2ccc(S(=O)(=O)Nc3nccs3)cc2C1)C(F)(F)F. The molecule has 0 aliphatic heterocycles. The lowest BCUT2D eigenvalue weighted by atomic mass is 10.1. The van der Waals surface area contributed by atoms with Crippen LogP contribution in [0.5, 0.6) is 0 Å². The average Bonchev–Trinajstić information content (AvgIpc) is 3.65. The van der Waals surface area contributed by atoms with Gasteiger partial charge in [-0.3, -0.25) is 14.3 Å². The van der Waals surface area contributed by atoms with Crippen molar-refractivity contribution >= 4 is 58.0 Å². The Morgan fingerprint density at radius 2 is 1.20 bits per heavy atom. The lowest BCUT2D eigenvalue weighted by Crippen LogP contribution is -2.43. The van der Waals surface area contributed by atoms with Crippen molar-refractivity contribution in [1.29, 1.82) is 0 Å². The summed E-state index contributed by atoms with van der Waals surface area (Å²) in [7, 11) is -2.53. The number of fused-ring (bicyclic) bond motifs is 2. The van der Waals surface area contributed by atoms with Crippen LogP contribution in [-0.4, -0.2) is 58.1 Å². The molecule has 2 unspecified atom stereocenters. The molecule has 3 aromatic rings. The lowest BCUT2D eigenvalue weighted by Gasteiger charge is -2.13. The van der Waals surface area contributed by atoms with E-state index in [9.17, 15) is 52.8 Å². The van der Waals surface area contributed by atoms with E-state index in [1.54, 1.807) is 11.4 Å². The van der Waals surface area contributed by atoms with E-state index in [1.807, 2.05) is 10.6 Å². The Morgan fingerprint density at radius 3 is 1.62 bits per heavy atom. The van der Waals surface area contributed by atoms with Crippen LogP contribution >= 0.6 is 22.0 Å². The fourth-order valence-corrected chi connectivity index (χ4v) is 7.33. The molecule has 0 saturated heterocycles. The Morgan fingerprint density at radius 1 is 0.756 bits per heavy atom. The zero-order valence-electron chi connectivity index (χ0n) is 22.4. The van der Waals surface area contributed by atoms with Crippen LogP contribution in [-0.2, 0) is 54.3 Å². The molecule has 1 aromatic heterocycles. The first-order valence-corrected chi connectivity index (χ1v) is 17.3. The van der Waals surface area contributed by atoms with Gasteiger partial charge in [0.15, 0.2) is 5.13 Å². The molecule has 244 valence electrons. The predicted octanol–water partition coefficient (Wildman–Crippen LogP) is 3.85. The molecule has 2 atom stereocenters. The van der Waals surface area contributed by atoms with Gasteiger partial charge in [0.2, 0.25) is 0 Å². The Bertz CT molecular complexity index is 1820. The molecule has 2 aliphatic rings. The number of thiazole rings is 1. The van der Waals surface area contributed by atoms with Crippen molar-refractivity contribution in [2.24, 2.45) is 0 Å². The second-order valence-electron chi connectivity index (χ2n) is 9.89. The Labute approximate surface area is 260 Å². The number of carbonyl (C=O) groups is 2. The summed E-state index contributed by atoms with van der Waals surface area (Å²) in [4.78, 5) is 25.6. The molecule has 3 N–H and O–H groups in total. The van der Waals surface area contributed by atoms with Crippen molar-refractivity contribution in [2.75, 3.05) is 4.72 Å². The topological polar surface area (TPSA) is 151 Å². The zero-order valence-corrected chi connectivity index (χ0v) is 25.6. The van der Waals surface area contributed by atoms with Crippen LogP contribution < -0.4 is 15.4 Å². The molecule has 10 nitrogen and oxygen atoms in total. The maximum atomic E-state index is 12.3. The summed E-state index contributed by atoms with van der Waals surface area (Å²) < 4.78 is 123. The van der Waals surface area contributed by atoms with E-state index in [4.69, 9.17) is 10.7 Å². The fourth-order valence-electron chi connectivity index (χ4n) is 4.69. The molecule has 2 amide bonds. The number of hydrogen-bond donors (Lipinski definition) is 3. The number of anilines is 1. The molecule has 0 spiro atoms. The standard InChI is InChI=1S/C14H12F3N3O3S2.C11H9ClF3NO3S/c15-14(16,17)12(21)19-10-5-8-1-2-11(7-9(8)6-10)25(22,23)20-13-18-3-4-24-13;12-20(18,19)9-2-1-6-3-8(4-7(6)5-9)16-10(17)11(13,14)15/h1-4,7,10H,5-6H2,(H,18,20)(H,19,21);1-2,5,8H,3-4H2,(H,16,17). The van der Waals surface area contributed by atoms with Gasteiger partial charge in [-0.1, -0.05) is 12.1 Å². The van der Waals surface area contributed by atoms with Crippen molar-refractivity contribution in [2.45, 2.75) is 59.9 Å². The number of rotatable bonds is 6. The van der Waals surface area contributed by atoms with Crippen LogP contribution in [0.2, 0.25) is 0 Å². The number of carbonyl (C=O) groups excluding carboxylic acids is 2. The van der Waals surface area contributed by atoms with Crippen LogP contribution in [0.25, 0.3) is 0 Å². The highest BCUT2D eigenvalue weighted by Crippen LogP contribution is 2.29. The minimum absolute atomic E-state index is 0.00996. The summed E-state index contributed by atoms with van der Waals surface area (Å²) in [6.45, 7) is 0. The van der Waals surface area contributed by atoms with Gasteiger partial charge in [-0.05, 0) is 72.2 Å². The van der Waals surface area contributed by atoms with E-state index in [0.717, 1.165) is 11.3 Å². The monoisotopic (exact) mass is 718 g/mol. The summed E-state index contributed by atoms with van der Waals surface area (Å²) in [6, 6.07) is 7.01. The number of sulfonamides is 1. The van der Waals surface area contributed by atoms with Crippen LogP contribution in [0.1, 0.15) is 22.3 Å².